The summed E-state index contributed by atoms with van der Waals surface area (Å²) in [5.74, 6) is 0.920. The van der Waals surface area contributed by atoms with Crippen LogP contribution >= 0.6 is 0 Å². The second-order valence-electron chi connectivity index (χ2n) is 6.83. The third-order valence-electron chi connectivity index (χ3n) is 4.79. The minimum Gasteiger partial charge on any atom is -0.354 e. The van der Waals surface area contributed by atoms with Gasteiger partial charge in [-0.25, -0.2) is 0 Å². The highest BCUT2D eigenvalue weighted by Crippen LogP contribution is 2.17. The van der Waals surface area contributed by atoms with E-state index in [0.717, 1.165) is 19.0 Å². The largest absolute Gasteiger partial charge is 0.354 e. The Morgan fingerprint density at radius 3 is 2.48 bits per heavy atom. The van der Waals surface area contributed by atoms with E-state index < -0.39 is 0 Å². The Morgan fingerprint density at radius 2 is 1.87 bits per heavy atom. The number of guanidine groups is 1. The van der Waals surface area contributed by atoms with Gasteiger partial charge in [0.25, 0.3) is 0 Å². The van der Waals surface area contributed by atoms with Crippen molar-refractivity contribution in [3.8, 4) is 0 Å². The Labute approximate surface area is 141 Å². The lowest BCUT2D eigenvalue weighted by Gasteiger charge is -2.23. The summed E-state index contributed by atoms with van der Waals surface area (Å²) in [6.45, 7) is 6.25. The number of nitrogens with one attached hydrogen (secondary N) is 2. The van der Waals surface area contributed by atoms with Crippen LogP contribution in [0.15, 0.2) is 29.3 Å². The highest BCUT2D eigenvalue weighted by Gasteiger charge is 2.16. The maximum absolute atomic E-state index is 4.37. The Bertz CT molecular complexity index is 504. The number of benzene rings is 1. The van der Waals surface area contributed by atoms with Crippen LogP contribution in [-0.4, -0.2) is 37.0 Å². The fourth-order valence-corrected chi connectivity index (χ4v) is 2.97. The molecule has 0 heterocycles. The van der Waals surface area contributed by atoms with Gasteiger partial charge in [0, 0.05) is 32.2 Å². The van der Waals surface area contributed by atoms with Crippen LogP contribution < -0.4 is 10.6 Å². The van der Waals surface area contributed by atoms with E-state index in [0.29, 0.717) is 12.1 Å². The quantitative estimate of drug-likeness (QED) is 0.626. The average molecular weight is 316 g/mol. The predicted octanol–water partition coefficient (Wildman–Crippen LogP) is 3.13. The van der Waals surface area contributed by atoms with Crippen molar-refractivity contribution in [1.29, 1.82) is 0 Å². The summed E-state index contributed by atoms with van der Waals surface area (Å²) in [4.78, 5) is 6.73. The summed E-state index contributed by atoms with van der Waals surface area (Å²) in [7, 11) is 4.03. The first-order chi connectivity index (χ1) is 11.1. The Kier molecular flexibility index (Phi) is 6.90. The number of nitrogens with zero attached hydrogens (tertiary/aromatic N) is 2. The summed E-state index contributed by atoms with van der Waals surface area (Å²) in [5, 5.41) is 7.02. The molecule has 4 nitrogen and oxygen atoms in total. The van der Waals surface area contributed by atoms with Crippen LogP contribution in [0.3, 0.4) is 0 Å². The molecule has 0 bridgehead atoms. The molecule has 0 radical (unpaired) electrons. The number of hydrogen-bond donors (Lipinski definition) is 2. The van der Waals surface area contributed by atoms with Crippen molar-refractivity contribution < 1.29 is 0 Å². The predicted molar refractivity (Wildman–Crippen MR) is 98.6 cm³/mol. The minimum absolute atomic E-state index is 0.549. The molecule has 1 fully saturated rings. The zero-order valence-electron chi connectivity index (χ0n) is 15.1. The van der Waals surface area contributed by atoms with E-state index in [4.69, 9.17) is 0 Å². The van der Waals surface area contributed by atoms with E-state index >= 15 is 0 Å². The first kappa shape index (κ1) is 17.8. The summed E-state index contributed by atoms with van der Waals surface area (Å²) in [5.41, 5.74) is 2.72. The maximum Gasteiger partial charge on any atom is 0.191 e. The van der Waals surface area contributed by atoms with Gasteiger partial charge in [-0.1, -0.05) is 37.1 Å². The van der Waals surface area contributed by atoms with Crippen molar-refractivity contribution in [1.82, 2.24) is 15.5 Å². The van der Waals surface area contributed by atoms with Crippen LogP contribution in [0.1, 0.15) is 50.7 Å². The topological polar surface area (TPSA) is 39.7 Å². The third-order valence-corrected chi connectivity index (χ3v) is 4.79. The molecule has 0 aromatic heterocycles. The molecule has 1 aliphatic rings. The molecule has 0 saturated heterocycles. The van der Waals surface area contributed by atoms with Gasteiger partial charge < -0.3 is 10.6 Å². The van der Waals surface area contributed by atoms with E-state index in [9.17, 15) is 0 Å². The molecule has 0 spiro atoms. The molecule has 0 unspecified atom stereocenters. The molecule has 128 valence electrons. The molecule has 1 aliphatic carbocycles. The van der Waals surface area contributed by atoms with Crippen LogP contribution in [-0.2, 0) is 13.1 Å². The molecule has 2 N–H and O–H groups in total. The van der Waals surface area contributed by atoms with Gasteiger partial charge in [-0.05, 0) is 44.9 Å². The van der Waals surface area contributed by atoms with Crippen molar-refractivity contribution >= 4 is 5.96 Å². The zero-order valence-corrected chi connectivity index (χ0v) is 15.1. The van der Waals surface area contributed by atoms with Gasteiger partial charge >= 0.3 is 0 Å². The second-order valence-corrected chi connectivity index (χ2v) is 6.83. The number of hydrogen-bond acceptors (Lipinski definition) is 2. The lowest BCUT2D eigenvalue weighted by atomic mass is 10.1. The van der Waals surface area contributed by atoms with Gasteiger partial charge in [-0.3, -0.25) is 9.89 Å². The number of rotatable bonds is 6. The van der Waals surface area contributed by atoms with E-state index in [2.05, 4.69) is 65.7 Å². The van der Waals surface area contributed by atoms with Gasteiger partial charge in [0.2, 0.25) is 0 Å². The molecule has 4 heteroatoms. The smallest absolute Gasteiger partial charge is 0.191 e. The fourth-order valence-electron chi connectivity index (χ4n) is 2.97. The van der Waals surface area contributed by atoms with Gasteiger partial charge in [0.15, 0.2) is 5.96 Å². The maximum atomic E-state index is 4.37. The van der Waals surface area contributed by atoms with Crippen molar-refractivity contribution in [3.05, 3.63) is 35.4 Å². The van der Waals surface area contributed by atoms with E-state index in [-0.39, 0.29) is 0 Å². The third kappa shape index (κ3) is 5.54. The van der Waals surface area contributed by atoms with Crippen molar-refractivity contribution in [3.63, 3.8) is 0 Å². The second kappa shape index (κ2) is 8.92. The highest BCUT2D eigenvalue weighted by atomic mass is 15.2. The SMILES string of the molecule is CN=C(NCc1ccccc1CN(C)C(C)C)NC1CCCC1. The monoisotopic (exact) mass is 316 g/mol. The van der Waals surface area contributed by atoms with Crippen LogP contribution in [0.2, 0.25) is 0 Å². The van der Waals surface area contributed by atoms with Gasteiger partial charge in [0.1, 0.15) is 0 Å². The molecule has 2 rings (SSSR count). The minimum atomic E-state index is 0.549. The van der Waals surface area contributed by atoms with Gasteiger partial charge in [-0.2, -0.15) is 0 Å². The summed E-state index contributed by atoms with van der Waals surface area (Å²) in [6, 6.07) is 9.81. The lowest BCUT2D eigenvalue weighted by Crippen LogP contribution is -2.42. The molecule has 0 aliphatic heterocycles. The Balaban J connectivity index is 1.93. The molecule has 0 amide bonds. The van der Waals surface area contributed by atoms with Crippen molar-refractivity contribution in [2.24, 2.45) is 4.99 Å². The van der Waals surface area contributed by atoms with Crippen LogP contribution in [0, 0.1) is 0 Å². The molecule has 1 aromatic carbocycles. The summed E-state index contributed by atoms with van der Waals surface area (Å²) in [6.07, 6.45) is 5.19. The average Bonchev–Trinajstić information content (AvgIpc) is 3.05. The molecular weight excluding hydrogens is 284 g/mol. The molecule has 23 heavy (non-hydrogen) atoms. The first-order valence-electron chi connectivity index (χ1n) is 8.84. The normalized spacial score (nSPS) is 16.3. The van der Waals surface area contributed by atoms with Crippen LogP contribution in [0.4, 0.5) is 0 Å². The first-order valence-corrected chi connectivity index (χ1v) is 8.84. The summed E-state index contributed by atoms with van der Waals surface area (Å²) < 4.78 is 0. The van der Waals surface area contributed by atoms with Crippen molar-refractivity contribution in [2.75, 3.05) is 14.1 Å². The molecular formula is C19H32N4. The number of aliphatic imine (C=N–C) groups is 1. The van der Waals surface area contributed by atoms with E-state index in [1.807, 2.05) is 7.05 Å². The van der Waals surface area contributed by atoms with Crippen LogP contribution in [0.25, 0.3) is 0 Å². The fraction of sp³-hybridized carbons (Fsp3) is 0.632. The van der Waals surface area contributed by atoms with E-state index in [1.54, 1.807) is 0 Å². The molecule has 1 aromatic rings. The molecule has 1 saturated carbocycles. The lowest BCUT2D eigenvalue weighted by molar-refractivity contribution is 0.265. The Morgan fingerprint density at radius 1 is 1.22 bits per heavy atom. The standard InChI is InChI=1S/C19H32N4/c1-15(2)23(4)14-17-10-6-5-9-16(17)13-21-19(20-3)22-18-11-7-8-12-18/h5-6,9-10,15,18H,7-8,11-14H2,1-4H3,(H2,20,21,22). The van der Waals surface area contributed by atoms with Crippen molar-refractivity contribution in [2.45, 2.75) is 64.7 Å². The Hall–Kier alpha value is -1.55. The molecule has 0 atom stereocenters. The zero-order chi connectivity index (χ0) is 16.7. The summed E-state index contributed by atoms with van der Waals surface area (Å²) >= 11 is 0. The van der Waals surface area contributed by atoms with Crippen LogP contribution in [0.5, 0.6) is 0 Å². The van der Waals surface area contributed by atoms with Gasteiger partial charge in [0.05, 0.1) is 0 Å². The van der Waals surface area contributed by atoms with Gasteiger partial charge in [-0.15, -0.1) is 0 Å². The van der Waals surface area contributed by atoms with E-state index in [1.165, 1.54) is 36.8 Å². The highest BCUT2D eigenvalue weighted by molar-refractivity contribution is 5.80.